The lowest BCUT2D eigenvalue weighted by Crippen LogP contribution is -2.38. The molecule has 0 bridgehead atoms. The van der Waals surface area contributed by atoms with Gasteiger partial charge in [-0.2, -0.15) is 0 Å². The van der Waals surface area contributed by atoms with Crippen LogP contribution in [-0.4, -0.2) is 12.0 Å². The molecule has 0 aliphatic heterocycles. The van der Waals surface area contributed by atoms with E-state index in [0.717, 1.165) is 12.1 Å². The minimum absolute atomic E-state index is 0.0449. The number of carbonyl (C=O) groups excluding carboxylic acids is 1. The van der Waals surface area contributed by atoms with Crippen LogP contribution < -0.4 is 16.4 Å². The van der Waals surface area contributed by atoms with Gasteiger partial charge in [0, 0.05) is 0 Å². The molecule has 0 fully saturated rings. The second-order valence-electron chi connectivity index (χ2n) is 2.74. The Hall–Kier alpha value is -1.53. The zero-order chi connectivity index (χ0) is 12.3. The van der Waals surface area contributed by atoms with Crippen molar-refractivity contribution in [2.24, 2.45) is 5.73 Å². The highest BCUT2D eigenvalue weighted by Crippen LogP contribution is 2.31. The van der Waals surface area contributed by atoms with Gasteiger partial charge in [-0.3, -0.25) is 10.7 Å². The number of benzene rings is 1. The van der Waals surface area contributed by atoms with E-state index >= 15 is 0 Å². The number of urea groups is 1. The highest BCUT2D eigenvalue weighted by atomic mass is 35.5. The Kier molecular flexibility index (Phi) is 3.92. The van der Waals surface area contributed by atoms with Crippen molar-refractivity contribution < 1.29 is 9.18 Å². The molecule has 1 aromatic rings. The second kappa shape index (κ2) is 5.00. The van der Waals surface area contributed by atoms with Crippen LogP contribution in [0.15, 0.2) is 12.1 Å². The molecule has 0 spiro atoms. The van der Waals surface area contributed by atoms with Crippen molar-refractivity contribution in [3.8, 4) is 0 Å². The Balaban J connectivity index is 2.89. The van der Waals surface area contributed by atoms with Crippen LogP contribution >= 0.6 is 23.2 Å². The molecule has 8 heteroatoms. The van der Waals surface area contributed by atoms with Crippen LogP contribution in [0.3, 0.4) is 0 Å². The van der Waals surface area contributed by atoms with Gasteiger partial charge in [-0.15, -0.1) is 0 Å². The summed E-state index contributed by atoms with van der Waals surface area (Å²) >= 11 is 11.3. The molecular weight excluding hydrogens is 258 g/mol. The first-order chi connectivity index (χ1) is 7.40. The normalized spacial score (nSPS) is 9.69. The van der Waals surface area contributed by atoms with E-state index in [1.165, 1.54) is 0 Å². The Morgan fingerprint density at radius 3 is 2.31 bits per heavy atom. The Labute approximate surface area is 100 Å². The van der Waals surface area contributed by atoms with Crippen molar-refractivity contribution in [2.45, 2.75) is 0 Å². The van der Waals surface area contributed by atoms with Crippen molar-refractivity contribution in [3.05, 3.63) is 28.0 Å². The fraction of sp³-hybridized carbons (Fsp3) is 0. The van der Waals surface area contributed by atoms with Gasteiger partial charge in [0.25, 0.3) is 0 Å². The van der Waals surface area contributed by atoms with E-state index in [2.05, 4.69) is 5.32 Å². The first-order valence-corrected chi connectivity index (χ1v) is 4.72. The minimum atomic E-state index is -0.789. The molecule has 0 aliphatic rings. The molecule has 86 valence electrons. The molecule has 0 atom stereocenters. The van der Waals surface area contributed by atoms with Crippen LogP contribution in [0.25, 0.3) is 0 Å². The molecule has 0 aliphatic carbocycles. The molecule has 0 aromatic heterocycles. The van der Waals surface area contributed by atoms with E-state index in [9.17, 15) is 9.18 Å². The molecule has 5 N–H and O–H groups in total. The summed E-state index contributed by atoms with van der Waals surface area (Å²) in [5, 5.41) is 10.9. The average Bonchev–Trinajstić information content (AvgIpc) is 2.09. The van der Waals surface area contributed by atoms with Gasteiger partial charge in [-0.25, -0.2) is 9.18 Å². The molecule has 2 amide bonds. The van der Waals surface area contributed by atoms with Gasteiger partial charge in [-0.05, 0) is 12.1 Å². The smallest absolute Gasteiger partial charge is 0.326 e. The molecule has 1 rings (SSSR count). The number of guanidine groups is 1. The monoisotopic (exact) mass is 264 g/mol. The van der Waals surface area contributed by atoms with Gasteiger partial charge >= 0.3 is 6.03 Å². The van der Waals surface area contributed by atoms with Crippen LogP contribution in [0.5, 0.6) is 0 Å². The summed E-state index contributed by atoms with van der Waals surface area (Å²) in [4.78, 5) is 11.2. The molecule has 0 unspecified atom stereocenters. The third-order valence-corrected chi connectivity index (χ3v) is 2.09. The zero-order valence-corrected chi connectivity index (χ0v) is 9.29. The maximum absolute atomic E-state index is 12.8. The quantitative estimate of drug-likeness (QED) is 0.462. The summed E-state index contributed by atoms with van der Waals surface area (Å²) in [7, 11) is 0. The van der Waals surface area contributed by atoms with Crippen LogP contribution in [0.1, 0.15) is 0 Å². The minimum Gasteiger partial charge on any atom is -0.370 e. The number of hydrogen-bond donors (Lipinski definition) is 4. The summed E-state index contributed by atoms with van der Waals surface area (Å²) in [5.41, 5.74) is 4.98. The second-order valence-corrected chi connectivity index (χ2v) is 3.55. The molecule has 1 aromatic carbocycles. The lowest BCUT2D eigenvalue weighted by molar-refractivity contribution is 0.256. The van der Waals surface area contributed by atoms with Gasteiger partial charge in [-0.1, -0.05) is 23.2 Å². The Morgan fingerprint density at radius 2 is 1.88 bits per heavy atom. The summed E-state index contributed by atoms with van der Waals surface area (Å²) in [6.45, 7) is 0. The number of nitrogens with one attached hydrogen (secondary N) is 3. The topological polar surface area (TPSA) is 91.0 Å². The van der Waals surface area contributed by atoms with Crippen LogP contribution in [0, 0.1) is 11.2 Å². The highest BCUT2D eigenvalue weighted by Gasteiger charge is 2.11. The first-order valence-electron chi connectivity index (χ1n) is 3.96. The van der Waals surface area contributed by atoms with E-state index in [1.54, 1.807) is 0 Å². The molecule has 5 nitrogen and oxygen atoms in total. The van der Waals surface area contributed by atoms with Gasteiger partial charge in [0.2, 0.25) is 0 Å². The van der Waals surface area contributed by atoms with Gasteiger partial charge in [0.15, 0.2) is 5.96 Å². The van der Waals surface area contributed by atoms with E-state index < -0.39 is 17.8 Å². The molecule has 16 heavy (non-hydrogen) atoms. The lowest BCUT2D eigenvalue weighted by atomic mass is 10.3. The number of anilines is 1. The predicted octanol–water partition coefficient (Wildman–Crippen LogP) is 2.15. The number of halogens is 3. The van der Waals surface area contributed by atoms with E-state index in [1.807, 2.05) is 5.32 Å². The number of nitrogens with two attached hydrogens (primary N) is 1. The third-order valence-electron chi connectivity index (χ3n) is 1.49. The van der Waals surface area contributed by atoms with Crippen molar-refractivity contribution >= 4 is 40.9 Å². The average molecular weight is 265 g/mol. The van der Waals surface area contributed by atoms with Gasteiger partial charge in [0.05, 0.1) is 15.7 Å². The number of hydrogen-bond acceptors (Lipinski definition) is 2. The van der Waals surface area contributed by atoms with Gasteiger partial charge < -0.3 is 11.1 Å². The molecule has 0 heterocycles. The molecule has 0 radical (unpaired) electrons. The fourth-order valence-electron chi connectivity index (χ4n) is 0.929. The van der Waals surface area contributed by atoms with E-state index in [-0.39, 0.29) is 15.7 Å². The SMILES string of the molecule is N=C(N)NC(=O)Nc1c(Cl)cc(F)cc1Cl. The fourth-order valence-corrected chi connectivity index (χ4v) is 1.48. The van der Waals surface area contributed by atoms with Crippen molar-refractivity contribution in [1.29, 1.82) is 5.41 Å². The summed E-state index contributed by atoms with van der Waals surface area (Å²) in [6.07, 6.45) is 0. The highest BCUT2D eigenvalue weighted by molar-refractivity contribution is 6.39. The molecular formula is C8H7Cl2FN4O. The first kappa shape index (κ1) is 12.5. The van der Waals surface area contributed by atoms with Crippen LogP contribution in [-0.2, 0) is 0 Å². The van der Waals surface area contributed by atoms with Gasteiger partial charge in [0.1, 0.15) is 5.82 Å². The third kappa shape index (κ3) is 3.25. The van der Waals surface area contributed by atoms with Crippen molar-refractivity contribution in [3.63, 3.8) is 0 Å². The van der Waals surface area contributed by atoms with Crippen molar-refractivity contribution in [1.82, 2.24) is 5.32 Å². The van der Waals surface area contributed by atoms with E-state index in [4.69, 9.17) is 34.3 Å². The summed E-state index contributed by atoms with van der Waals surface area (Å²) in [5.74, 6) is -1.15. The summed E-state index contributed by atoms with van der Waals surface area (Å²) < 4.78 is 12.8. The standard InChI is InChI=1S/C8H7Cl2FN4O/c9-4-1-3(11)2-5(10)6(4)14-8(16)15-7(12)13/h1-2H,(H5,12,13,14,15,16). The Bertz CT molecular complexity index is 429. The molecule has 0 saturated carbocycles. The van der Waals surface area contributed by atoms with Crippen molar-refractivity contribution in [2.75, 3.05) is 5.32 Å². The van der Waals surface area contributed by atoms with Crippen LogP contribution in [0.4, 0.5) is 14.9 Å². The van der Waals surface area contributed by atoms with Crippen LogP contribution in [0.2, 0.25) is 10.0 Å². The maximum atomic E-state index is 12.8. The Morgan fingerprint density at radius 1 is 1.38 bits per heavy atom. The maximum Gasteiger partial charge on any atom is 0.326 e. The predicted molar refractivity (Wildman–Crippen MR) is 60.5 cm³/mol. The summed E-state index contributed by atoms with van der Waals surface area (Å²) in [6, 6.07) is 1.20. The number of rotatable bonds is 1. The number of carbonyl (C=O) groups is 1. The number of amides is 2. The largest absolute Gasteiger partial charge is 0.370 e. The molecule has 0 saturated heterocycles. The lowest BCUT2D eigenvalue weighted by Gasteiger charge is -2.09. The van der Waals surface area contributed by atoms with E-state index in [0.29, 0.717) is 0 Å². The zero-order valence-electron chi connectivity index (χ0n) is 7.77.